The van der Waals surface area contributed by atoms with Crippen LogP contribution < -0.4 is 21.7 Å². The first-order valence-electron chi connectivity index (χ1n) is 11.1. The van der Waals surface area contributed by atoms with Crippen molar-refractivity contribution in [3.05, 3.63) is 0 Å². The van der Waals surface area contributed by atoms with E-state index < -0.39 is 0 Å². The van der Waals surface area contributed by atoms with E-state index in [1.165, 1.54) is 0 Å². The number of nitrogens with two attached hydrogens (primary N) is 1. The molecule has 174 valence electrons. The highest BCUT2D eigenvalue weighted by Gasteiger charge is 2.42. The molecule has 2 aliphatic heterocycles. The number of hydrogen-bond donors (Lipinski definition) is 4. The minimum Gasteiger partial charge on any atom is -0.379 e. The van der Waals surface area contributed by atoms with Crippen molar-refractivity contribution in [2.45, 2.75) is 55.9 Å². The molecule has 0 bridgehead atoms. The minimum absolute atomic E-state index is 0.0464. The molecule has 0 radical (unpaired) electrons. The molecule has 3 atom stereocenters. The van der Waals surface area contributed by atoms with Gasteiger partial charge in [-0.05, 0) is 32.2 Å². The second-order valence-corrected chi connectivity index (χ2v) is 8.82. The Kier molecular flexibility index (Phi) is 13.2. The zero-order chi connectivity index (χ0) is 21.4. The van der Waals surface area contributed by atoms with Crippen molar-refractivity contribution in [1.29, 1.82) is 0 Å². The van der Waals surface area contributed by atoms with Gasteiger partial charge in [0, 0.05) is 37.2 Å². The summed E-state index contributed by atoms with van der Waals surface area (Å²) in [4.78, 5) is 23.3. The molecule has 2 rings (SSSR count). The lowest BCUT2D eigenvalue weighted by molar-refractivity contribution is -0.121. The molecule has 0 aromatic heterocycles. The maximum atomic E-state index is 11.9. The van der Waals surface area contributed by atoms with E-state index in [9.17, 15) is 9.59 Å². The summed E-state index contributed by atoms with van der Waals surface area (Å²) in [6.45, 7) is 4.82. The van der Waals surface area contributed by atoms with E-state index in [-0.39, 0.29) is 24.0 Å². The third-order valence-electron chi connectivity index (χ3n) is 5.11. The first-order valence-corrected chi connectivity index (χ1v) is 12.1. The molecule has 0 saturated carbocycles. The third kappa shape index (κ3) is 10.3. The number of amides is 3. The maximum absolute atomic E-state index is 11.9. The number of rotatable bonds is 18. The standard InChI is InChI=1S/C20H38N4O5S/c21-7-3-9-27-11-13-29-14-12-28-10-4-8-22-18(25)6-2-1-5-17-19-16(15-30-17)23-20(26)24-19/h16-17,19H,1-15,21H2,(H,22,25)(H2,23,24,26)/t16-,17+,19-/m0/s1. The quantitative estimate of drug-likeness (QED) is 0.180. The number of carbonyl (C=O) groups is 2. The summed E-state index contributed by atoms with van der Waals surface area (Å²) in [5.74, 6) is 1.08. The van der Waals surface area contributed by atoms with E-state index in [0.29, 0.717) is 64.4 Å². The Morgan fingerprint density at radius 2 is 1.70 bits per heavy atom. The Labute approximate surface area is 183 Å². The van der Waals surface area contributed by atoms with Gasteiger partial charge in [-0.1, -0.05) is 6.42 Å². The van der Waals surface area contributed by atoms with Crippen LogP contribution in [0.3, 0.4) is 0 Å². The van der Waals surface area contributed by atoms with Crippen LogP contribution >= 0.6 is 11.8 Å². The Balaban J connectivity index is 1.31. The Hall–Kier alpha value is -1.07. The zero-order valence-electron chi connectivity index (χ0n) is 17.9. The van der Waals surface area contributed by atoms with Crippen LogP contribution in [0.4, 0.5) is 4.79 Å². The van der Waals surface area contributed by atoms with Crippen molar-refractivity contribution in [2.24, 2.45) is 5.73 Å². The van der Waals surface area contributed by atoms with Gasteiger partial charge in [-0.3, -0.25) is 4.79 Å². The minimum atomic E-state index is -0.0464. The largest absolute Gasteiger partial charge is 0.379 e. The fourth-order valence-electron chi connectivity index (χ4n) is 3.49. The van der Waals surface area contributed by atoms with E-state index in [1.807, 2.05) is 11.8 Å². The van der Waals surface area contributed by atoms with Crippen LogP contribution in [0.25, 0.3) is 0 Å². The van der Waals surface area contributed by atoms with Crippen molar-refractivity contribution in [3.63, 3.8) is 0 Å². The van der Waals surface area contributed by atoms with E-state index in [4.69, 9.17) is 19.9 Å². The van der Waals surface area contributed by atoms with Crippen molar-refractivity contribution < 1.29 is 23.8 Å². The lowest BCUT2D eigenvalue weighted by Gasteiger charge is -2.16. The van der Waals surface area contributed by atoms with E-state index in [1.54, 1.807) is 0 Å². The van der Waals surface area contributed by atoms with Gasteiger partial charge in [0.15, 0.2) is 0 Å². The number of fused-ring (bicyclic) bond motifs is 1. The van der Waals surface area contributed by atoms with Gasteiger partial charge >= 0.3 is 6.03 Å². The third-order valence-corrected chi connectivity index (χ3v) is 6.61. The molecule has 0 unspecified atom stereocenters. The number of unbranched alkanes of at least 4 members (excludes halogenated alkanes) is 1. The molecule has 2 fully saturated rings. The Morgan fingerprint density at radius 3 is 2.43 bits per heavy atom. The fraction of sp³-hybridized carbons (Fsp3) is 0.900. The molecular weight excluding hydrogens is 408 g/mol. The second-order valence-electron chi connectivity index (χ2n) is 7.55. The number of thioether (sulfide) groups is 1. The smallest absolute Gasteiger partial charge is 0.315 e. The van der Waals surface area contributed by atoms with Crippen LogP contribution in [0.1, 0.15) is 38.5 Å². The highest BCUT2D eigenvalue weighted by molar-refractivity contribution is 8.00. The van der Waals surface area contributed by atoms with Gasteiger partial charge in [0.2, 0.25) is 5.91 Å². The molecular formula is C20H38N4O5S. The SMILES string of the molecule is NCCCOCCOCCOCCCNC(=O)CCCC[C@H]1SC[C@@H]2NC(=O)N[C@@H]21. The number of hydrogen-bond acceptors (Lipinski definition) is 7. The van der Waals surface area contributed by atoms with Crippen LogP contribution in [0.5, 0.6) is 0 Å². The molecule has 10 heteroatoms. The van der Waals surface area contributed by atoms with Gasteiger partial charge in [-0.25, -0.2) is 4.79 Å². The van der Waals surface area contributed by atoms with Gasteiger partial charge in [-0.2, -0.15) is 11.8 Å². The first-order chi connectivity index (χ1) is 14.7. The Bertz CT molecular complexity index is 500. The average Bonchev–Trinajstić information content (AvgIpc) is 3.28. The monoisotopic (exact) mass is 446 g/mol. The average molecular weight is 447 g/mol. The van der Waals surface area contributed by atoms with Crippen LogP contribution in [0, 0.1) is 0 Å². The topological polar surface area (TPSA) is 124 Å². The summed E-state index contributed by atoms with van der Waals surface area (Å²) < 4.78 is 16.2. The number of urea groups is 1. The summed E-state index contributed by atoms with van der Waals surface area (Å²) in [6.07, 6.45) is 5.15. The molecule has 2 aliphatic rings. The zero-order valence-corrected chi connectivity index (χ0v) is 18.7. The molecule has 9 nitrogen and oxygen atoms in total. The number of ether oxygens (including phenoxy) is 3. The van der Waals surface area contributed by atoms with Gasteiger partial charge in [-0.15, -0.1) is 0 Å². The number of carbonyl (C=O) groups excluding carboxylic acids is 2. The predicted octanol–water partition coefficient (Wildman–Crippen LogP) is 0.617. The van der Waals surface area contributed by atoms with Crippen LogP contribution in [0.15, 0.2) is 0 Å². The predicted molar refractivity (Wildman–Crippen MR) is 118 cm³/mol. The summed E-state index contributed by atoms with van der Waals surface area (Å²) in [5.41, 5.74) is 5.38. The molecule has 30 heavy (non-hydrogen) atoms. The Morgan fingerprint density at radius 1 is 1.00 bits per heavy atom. The summed E-state index contributed by atoms with van der Waals surface area (Å²) in [7, 11) is 0. The van der Waals surface area contributed by atoms with E-state index >= 15 is 0 Å². The second kappa shape index (κ2) is 15.7. The fourth-order valence-corrected chi connectivity index (χ4v) is 5.04. The molecule has 0 spiro atoms. The molecule has 3 amide bonds. The molecule has 2 heterocycles. The molecule has 0 aliphatic carbocycles. The first kappa shape index (κ1) is 25.2. The van der Waals surface area contributed by atoms with Crippen LogP contribution in [-0.2, 0) is 19.0 Å². The molecule has 0 aromatic rings. The van der Waals surface area contributed by atoms with Gasteiger partial charge in [0.1, 0.15) is 0 Å². The van der Waals surface area contributed by atoms with Crippen molar-refractivity contribution in [2.75, 3.05) is 58.5 Å². The highest BCUT2D eigenvalue weighted by Crippen LogP contribution is 2.33. The van der Waals surface area contributed by atoms with Crippen molar-refractivity contribution in [3.8, 4) is 0 Å². The van der Waals surface area contributed by atoms with Gasteiger partial charge in [0.25, 0.3) is 0 Å². The molecule has 0 aromatic carbocycles. The lowest BCUT2D eigenvalue weighted by Crippen LogP contribution is -2.36. The molecule has 2 saturated heterocycles. The van der Waals surface area contributed by atoms with Gasteiger partial charge < -0.3 is 35.9 Å². The summed E-state index contributed by atoms with van der Waals surface area (Å²) in [5, 5.41) is 9.36. The van der Waals surface area contributed by atoms with Crippen LogP contribution in [0.2, 0.25) is 0 Å². The maximum Gasteiger partial charge on any atom is 0.315 e. The summed E-state index contributed by atoms with van der Waals surface area (Å²) >= 11 is 1.92. The lowest BCUT2D eigenvalue weighted by atomic mass is 10.0. The normalized spacial score (nSPS) is 22.6. The van der Waals surface area contributed by atoms with E-state index in [0.717, 1.165) is 37.9 Å². The highest BCUT2D eigenvalue weighted by atomic mass is 32.2. The van der Waals surface area contributed by atoms with Crippen molar-refractivity contribution in [1.82, 2.24) is 16.0 Å². The van der Waals surface area contributed by atoms with E-state index in [2.05, 4.69) is 16.0 Å². The number of nitrogens with one attached hydrogen (secondary N) is 3. The van der Waals surface area contributed by atoms with Crippen LogP contribution in [-0.4, -0.2) is 87.8 Å². The van der Waals surface area contributed by atoms with Crippen molar-refractivity contribution >= 4 is 23.7 Å². The summed E-state index contributed by atoms with van der Waals surface area (Å²) in [6, 6.07) is 0.469. The molecule has 5 N–H and O–H groups in total. The van der Waals surface area contributed by atoms with Gasteiger partial charge in [0.05, 0.1) is 38.5 Å².